The van der Waals surface area contributed by atoms with Gasteiger partial charge < -0.3 is 4.90 Å². The molecule has 2 aliphatic rings. The second kappa shape index (κ2) is 5.72. The smallest absolute Gasteiger partial charge is 0.225 e. The molecule has 0 spiro atoms. The maximum atomic E-state index is 12.5. The van der Waals surface area contributed by atoms with Crippen LogP contribution >= 0.6 is 0 Å². The fourth-order valence-corrected chi connectivity index (χ4v) is 3.43. The molecule has 1 aromatic heterocycles. The first kappa shape index (κ1) is 12.6. The SMILES string of the molecule is O=C(C1CCCCC1)N1CCC(c2ccccn2)C1. The largest absolute Gasteiger partial charge is 0.342 e. The Morgan fingerprint density at radius 1 is 1.16 bits per heavy atom. The van der Waals surface area contributed by atoms with E-state index < -0.39 is 0 Å². The molecule has 2 fully saturated rings. The Morgan fingerprint density at radius 2 is 2.00 bits per heavy atom. The van der Waals surface area contributed by atoms with Crippen molar-refractivity contribution < 1.29 is 4.79 Å². The number of hydrogen-bond acceptors (Lipinski definition) is 2. The Bertz CT molecular complexity index is 426. The van der Waals surface area contributed by atoms with Gasteiger partial charge in [-0.2, -0.15) is 0 Å². The summed E-state index contributed by atoms with van der Waals surface area (Å²) in [6.07, 6.45) is 8.88. The molecule has 1 atom stereocenters. The minimum Gasteiger partial charge on any atom is -0.342 e. The molecule has 1 aliphatic heterocycles. The van der Waals surface area contributed by atoms with Crippen LogP contribution in [-0.4, -0.2) is 28.9 Å². The van der Waals surface area contributed by atoms with Gasteiger partial charge in [0, 0.05) is 36.8 Å². The number of carbonyl (C=O) groups excluding carboxylic acids is 1. The highest BCUT2D eigenvalue weighted by Gasteiger charge is 2.32. The zero-order chi connectivity index (χ0) is 13.1. The van der Waals surface area contributed by atoms with Crippen LogP contribution in [-0.2, 0) is 4.79 Å². The molecular formula is C16H22N2O. The molecular weight excluding hydrogens is 236 g/mol. The van der Waals surface area contributed by atoms with Crippen molar-refractivity contribution in [2.75, 3.05) is 13.1 Å². The fraction of sp³-hybridized carbons (Fsp3) is 0.625. The number of rotatable bonds is 2. The summed E-state index contributed by atoms with van der Waals surface area (Å²) in [6.45, 7) is 1.78. The van der Waals surface area contributed by atoms with Crippen molar-refractivity contribution in [3.8, 4) is 0 Å². The summed E-state index contributed by atoms with van der Waals surface area (Å²) >= 11 is 0. The molecule has 3 heteroatoms. The monoisotopic (exact) mass is 258 g/mol. The van der Waals surface area contributed by atoms with Gasteiger partial charge in [0.1, 0.15) is 0 Å². The predicted molar refractivity (Wildman–Crippen MR) is 74.8 cm³/mol. The maximum absolute atomic E-state index is 12.5. The van der Waals surface area contributed by atoms with Crippen molar-refractivity contribution in [2.45, 2.75) is 44.4 Å². The fourth-order valence-electron chi connectivity index (χ4n) is 3.43. The summed E-state index contributed by atoms with van der Waals surface area (Å²) in [5.74, 6) is 1.14. The van der Waals surface area contributed by atoms with Crippen molar-refractivity contribution >= 4 is 5.91 Å². The first-order valence-corrected chi connectivity index (χ1v) is 7.54. The normalized spacial score (nSPS) is 24.6. The lowest BCUT2D eigenvalue weighted by atomic mass is 9.88. The van der Waals surface area contributed by atoms with Gasteiger partial charge in [0.05, 0.1) is 0 Å². The van der Waals surface area contributed by atoms with Crippen molar-refractivity contribution in [3.63, 3.8) is 0 Å². The van der Waals surface area contributed by atoms with Gasteiger partial charge in [0.15, 0.2) is 0 Å². The summed E-state index contributed by atoms with van der Waals surface area (Å²) in [5, 5.41) is 0. The standard InChI is InChI=1S/C16H22N2O/c19-16(13-6-2-1-3-7-13)18-11-9-14(12-18)15-8-4-5-10-17-15/h4-5,8,10,13-14H,1-3,6-7,9,11-12H2. The van der Waals surface area contributed by atoms with Gasteiger partial charge >= 0.3 is 0 Å². The molecule has 1 aliphatic carbocycles. The molecule has 3 nitrogen and oxygen atoms in total. The molecule has 1 saturated carbocycles. The maximum Gasteiger partial charge on any atom is 0.225 e. The lowest BCUT2D eigenvalue weighted by Gasteiger charge is -2.26. The molecule has 1 saturated heterocycles. The first-order valence-electron chi connectivity index (χ1n) is 7.54. The molecule has 0 bridgehead atoms. The average molecular weight is 258 g/mol. The number of hydrogen-bond donors (Lipinski definition) is 0. The molecule has 1 amide bonds. The summed E-state index contributed by atoms with van der Waals surface area (Å²) in [7, 11) is 0. The first-order chi connectivity index (χ1) is 9.34. The van der Waals surface area contributed by atoms with Gasteiger partial charge in [0.2, 0.25) is 5.91 Å². The van der Waals surface area contributed by atoms with Crippen LogP contribution in [0.5, 0.6) is 0 Å². The van der Waals surface area contributed by atoms with Crippen molar-refractivity contribution in [1.82, 2.24) is 9.88 Å². The van der Waals surface area contributed by atoms with Gasteiger partial charge in [-0.1, -0.05) is 25.3 Å². The van der Waals surface area contributed by atoms with Crippen molar-refractivity contribution in [1.29, 1.82) is 0 Å². The minimum absolute atomic E-state index is 0.302. The third-order valence-corrected chi connectivity index (χ3v) is 4.56. The van der Waals surface area contributed by atoms with Crippen LogP contribution in [0.15, 0.2) is 24.4 Å². The van der Waals surface area contributed by atoms with Gasteiger partial charge in [-0.05, 0) is 31.4 Å². The molecule has 1 aromatic rings. The van der Waals surface area contributed by atoms with E-state index in [1.54, 1.807) is 0 Å². The highest BCUT2D eigenvalue weighted by atomic mass is 16.2. The van der Waals surface area contributed by atoms with Crippen LogP contribution < -0.4 is 0 Å². The summed E-state index contributed by atoms with van der Waals surface area (Å²) in [5.41, 5.74) is 1.14. The van der Waals surface area contributed by atoms with Crippen LogP contribution in [0.1, 0.15) is 50.1 Å². The third-order valence-electron chi connectivity index (χ3n) is 4.56. The molecule has 0 aromatic carbocycles. The quantitative estimate of drug-likeness (QED) is 0.817. The van der Waals surface area contributed by atoms with E-state index >= 15 is 0 Å². The van der Waals surface area contributed by atoms with Gasteiger partial charge in [-0.25, -0.2) is 0 Å². The predicted octanol–water partition coefficient (Wildman–Crippen LogP) is 2.98. The number of amides is 1. The molecule has 0 radical (unpaired) electrons. The van der Waals surface area contributed by atoms with Crippen LogP contribution in [0.2, 0.25) is 0 Å². The number of pyridine rings is 1. The van der Waals surface area contributed by atoms with Gasteiger partial charge in [0.25, 0.3) is 0 Å². The van der Waals surface area contributed by atoms with Crippen molar-refractivity contribution in [3.05, 3.63) is 30.1 Å². The topological polar surface area (TPSA) is 33.2 Å². The van der Waals surface area contributed by atoms with E-state index in [-0.39, 0.29) is 0 Å². The molecule has 102 valence electrons. The zero-order valence-electron chi connectivity index (χ0n) is 11.4. The minimum atomic E-state index is 0.302. The van der Waals surface area contributed by atoms with Gasteiger partial charge in [-0.15, -0.1) is 0 Å². The number of likely N-dealkylation sites (tertiary alicyclic amines) is 1. The third kappa shape index (κ3) is 2.80. The van der Waals surface area contributed by atoms with E-state index in [9.17, 15) is 4.79 Å². The Labute approximate surface area is 115 Å². The summed E-state index contributed by atoms with van der Waals surface area (Å²) in [4.78, 5) is 19.0. The number of carbonyl (C=O) groups is 1. The molecule has 2 heterocycles. The summed E-state index contributed by atoms with van der Waals surface area (Å²) < 4.78 is 0. The average Bonchev–Trinajstić information content (AvgIpc) is 2.98. The van der Waals surface area contributed by atoms with E-state index in [1.807, 2.05) is 18.3 Å². The Balaban J connectivity index is 1.61. The lowest BCUT2D eigenvalue weighted by molar-refractivity contribution is -0.135. The Hall–Kier alpha value is -1.38. The molecule has 19 heavy (non-hydrogen) atoms. The van der Waals surface area contributed by atoms with E-state index in [2.05, 4.69) is 16.0 Å². The van der Waals surface area contributed by atoms with E-state index in [0.29, 0.717) is 17.7 Å². The molecule has 0 N–H and O–H groups in total. The lowest BCUT2D eigenvalue weighted by Crippen LogP contribution is -2.35. The van der Waals surface area contributed by atoms with E-state index in [4.69, 9.17) is 0 Å². The summed E-state index contributed by atoms with van der Waals surface area (Å²) in [6, 6.07) is 6.07. The highest BCUT2D eigenvalue weighted by Crippen LogP contribution is 2.30. The molecule has 1 unspecified atom stereocenters. The highest BCUT2D eigenvalue weighted by molar-refractivity contribution is 5.79. The van der Waals surface area contributed by atoms with Crippen LogP contribution in [0.4, 0.5) is 0 Å². The van der Waals surface area contributed by atoms with E-state index in [0.717, 1.165) is 38.0 Å². The van der Waals surface area contributed by atoms with Crippen LogP contribution in [0, 0.1) is 5.92 Å². The Kier molecular flexibility index (Phi) is 3.81. The van der Waals surface area contributed by atoms with E-state index in [1.165, 1.54) is 19.3 Å². The van der Waals surface area contributed by atoms with Crippen LogP contribution in [0.25, 0.3) is 0 Å². The van der Waals surface area contributed by atoms with Gasteiger partial charge in [-0.3, -0.25) is 9.78 Å². The second-order valence-electron chi connectivity index (χ2n) is 5.86. The number of nitrogens with zero attached hydrogens (tertiary/aromatic N) is 2. The number of aromatic nitrogens is 1. The molecule has 3 rings (SSSR count). The van der Waals surface area contributed by atoms with Crippen molar-refractivity contribution in [2.24, 2.45) is 5.92 Å². The van der Waals surface area contributed by atoms with Crippen LogP contribution in [0.3, 0.4) is 0 Å². The Morgan fingerprint density at radius 3 is 2.74 bits per heavy atom. The second-order valence-corrected chi connectivity index (χ2v) is 5.86. The zero-order valence-corrected chi connectivity index (χ0v) is 11.4.